The Labute approximate surface area is 194 Å². The fraction of sp³-hybridized carbons (Fsp3) is 0.238. The van der Waals surface area contributed by atoms with Crippen molar-refractivity contribution in [3.05, 3.63) is 58.1 Å². The van der Waals surface area contributed by atoms with E-state index in [9.17, 15) is 27.6 Å². The summed E-state index contributed by atoms with van der Waals surface area (Å²) < 4.78 is 23.4. The molecule has 2 aliphatic rings. The minimum atomic E-state index is -3.99. The van der Waals surface area contributed by atoms with Gasteiger partial charge < -0.3 is 4.90 Å². The van der Waals surface area contributed by atoms with Crippen molar-refractivity contribution in [3.8, 4) is 0 Å². The van der Waals surface area contributed by atoms with E-state index in [1.54, 1.807) is 24.1 Å². The normalized spacial score (nSPS) is 18.4. The Morgan fingerprint density at radius 3 is 2.48 bits per heavy atom. The molecule has 0 aliphatic carbocycles. The van der Waals surface area contributed by atoms with Crippen LogP contribution in [0.5, 0.6) is 0 Å². The molecule has 1 saturated heterocycles. The predicted octanol–water partition coefficient (Wildman–Crippen LogP) is 1.03. The van der Waals surface area contributed by atoms with Crippen LogP contribution in [0.1, 0.15) is 39.1 Å². The lowest BCUT2D eigenvalue weighted by molar-refractivity contribution is -0.136. The minimum absolute atomic E-state index is 0.00305. The number of hydrogen-bond donors (Lipinski definition) is 2. The van der Waals surface area contributed by atoms with Crippen molar-refractivity contribution < 1.29 is 27.6 Å². The fourth-order valence-corrected chi connectivity index (χ4v) is 5.10. The fourth-order valence-electron chi connectivity index (χ4n) is 3.94. The SMILES string of the molecule is CN(Cc1cccc(S(N)(=O)=O)c1Cl)c1ccc2c(c1)C(=O)N(C1CCC(=O)NC1=O)C2=O. The molecule has 0 bridgehead atoms. The summed E-state index contributed by atoms with van der Waals surface area (Å²) in [6.45, 7) is 0.194. The van der Waals surface area contributed by atoms with Crippen LogP contribution in [0.25, 0.3) is 0 Å². The van der Waals surface area contributed by atoms with Crippen molar-refractivity contribution in [3.63, 3.8) is 0 Å². The molecule has 2 heterocycles. The number of fused-ring (bicyclic) bond motifs is 1. The summed E-state index contributed by atoms with van der Waals surface area (Å²) in [5.74, 6) is -2.33. The maximum absolute atomic E-state index is 13.0. The van der Waals surface area contributed by atoms with Crippen LogP contribution >= 0.6 is 11.6 Å². The molecule has 1 unspecified atom stereocenters. The van der Waals surface area contributed by atoms with Crippen LogP contribution in [0.4, 0.5) is 5.69 Å². The summed E-state index contributed by atoms with van der Waals surface area (Å²) in [6.07, 6.45) is 0.109. The zero-order valence-corrected chi connectivity index (χ0v) is 18.9. The second kappa shape index (κ2) is 8.25. The van der Waals surface area contributed by atoms with Gasteiger partial charge >= 0.3 is 0 Å². The van der Waals surface area contributed by atoms with Crippen LogP contribution in [-0.4, -0.2) is 50.0 Å². The van der Waals surface area contributed by atoms with E-state index in [0.29, 0.717) is 11.3 Å². The Morgan fingerprint density at radius 2 is 1.82 bits per heavy atom. The Morgan fingerprint density at radius 1 is 1.12 bits per heavy atom. The second-order valence-corrected chi connectivity index (χ2v) is 9.72. The number of rotatable bonds is 5. The van der Waals surface area contributed by atoms with Crippen LogP contribution < -0.4 is 15.4 Å². The van der Waals surface area contributed by atoms with E-state index in [1.165, 1.54) is 24.3 Å². The Kier molecular flexibility index (Phi) is 5.72. The van der Waals surface area contributed by atoms with E-state index >= 15 is 0 Å². The number of sulfonamides is 1. The molecule has 10 nitrogen and oxygen atoms in total. The number of primary sulfonamides is 1. The molecule has 4 rings (SSSR count). The lowest BCUT2D eigenvalue weighted by Gasteiger charge is -2.27. The van der Waals surface area contributed by atoms with Gasteiger partial charge in [-0.1, -0.05) is 23.7 Å². The third-order valence-corrected chi connectivity index (χ3v) is 7.13. The van der Waals surface area contributed by atoms with Crippen molar-refractivity contribution >= 4 is 50.9 Å². The number of carbonyl (C=O) groups is 4. The molecule has 4 amide bonds. The molecule has 33 heavy (non-hydrogen) atoms. The predicted molar refractivity (Wildman–Crippen MR) is 118 cm³/mol. The van der Waals surface area contributed by atoms with Gasteiger partial charge in [-0.3, -0.25) is 29.4 Å². The van der Waals surface area contributed by atoms with E-state index in [2.05, 4.69) is 5.32 Å². The number of piperidine rings is 1. The van der Waals surface area contributed by atoms with Gasteiger partial charge in [0.05, 0.1) is 16.1 Å². The lowest BCUT2D eigenvalue weighted by Crippen LogP contribution is -2.54. The standard InChI is InChI=1S/C21H19ClN4O6S/c1-25(10-11-3-2-4-16(18(11)22)33(23,31)32)12-5-6-13-14(9-12)21(30)26(20(13)29)15-7-8-17(27)24-19(15)28/h2-6,9,15H,7-8,10H2,1H3,(H2,23,31,32)(H,24,27,28). The van der Waals surface area contributed by atoms with E-state index in [-0.39, 0.29) is 40.4 Å². The Balaban J connectivity index is 1.60. The topological polar surface area (TPSA) is 147 Å². The minimum Gasteiger partial charge on any atom is -0.370 e. The van der Waals surface area contributed by atoms with E-state index in [1.807, 2.05) is 0 Å². The van der Waals surface area contributed by atoms with Gasteiger partial charge in [-0.2, -0.15) is 0 Å². The summed E-state index contributed by atoms with van der Waals surface area (Å²) in [7, 11) is -2.29. The van der Waals surface area contributed by atoms with Crippen molar-refractivity contribution in [2.24, 2.45) is 5.14 Å². The quantitative estimate of drug-likeness (QED) is 0.595. The van der Waals surface area contributed by atoms with Crippen LogP contribution in [0.3, 0.4) is 0 Å². The van der Waals surface area contributed by atoms with Crippen LogP contribution in [0, 0.1) is 0 Å². The number of anilines is 1. The van der Waals surface area contributed by atoms with Gasteiger partial charge in [0.25, 0.3) is 11.8 Å². The van der Waals surface area contributed by atoms with Gasteiger partial charge in [-0.15, -0.1) is 0 Å². The highest BCUT2D eigenvalue weighted by Crippen LogP contribution is 2.32. The zero-order valence-electron chi connectivity index (χ0n) is 17.4. The number of imide groups is 2. The molecule has 2 aromatic carbocycles. The molecule has 12 heteroatoms. The molecule has 0 radical (unpaired) electrons. The Bertz CT molecular complexity index is 1330. The molecule has 172 valence electrons. The average Bonchev–Trinajstić information content (AvgIpc) is 2.99. The van der Waals surface area contributed by atoms with Crippen molar-refractivity contribution in [2.75, 3.05) is 11.9 Å². The first-order chi connectivity index (χ1) is 15.5. The molecule has 3 N–H and O–H groups in total. The second-order valence-electron chi connectivity index (χ2n) is 7.81. The number of amides is 4. The van der Waals surface area contributed by atoms with Gasteiger partial charge in [0.2, 0.25) is 21.8 Å². The molecule has 1 atom stereocenters. The maximum atomic E-state index is 13.0. The number of nitrogens with two attached hydrogens (primary N) is 1. The Hall–Kier alpha value is -3.28. The van der Waals surface area contributed by atoms with Crippen LogP contribution in [0.15, 0.2) is 41.3 Å². The number of carbonyl (C=O) groups excluding carboxylic acids is 4. The number of hydrogen-bond acceptors (Lipinski definition) is 7. The molecule has 0 spiro atoms. The number of nitrogens with one attached hydrogen (secondary N) is 1. The van der Waals surface area contributed by atoms with Crippen molar-refractivity contribution in [2.45, 2.75) is 30.3 Å². The highest BCUT2D eigenvalue weighted by molar-refractivity contribution is 7.89. The molecule has 1 fully saturated rings. The van der Waals surface area contributed by atoms with Crippen molar-refractivity contribution in [1.82, 2.24) is 10.2 Å². The summed E-state index contributed by atoms with van der Waals surface area (Å²) in [4.78, 5) is 51.8. The zero-order chi connectivity index (χ0) is 24.1. The highest BCUT2D eigenvalue weighted by atomic mass is 35.5. The molecule has 2 aromatic rings. The van der Waals surface area contributed by atoms with E-state index < -0.39 is 39.7 Å². The third-order valence-electron chi connectivity index (χ3n) is 5.62. The monoisotopic (exact) mass is 490 g/mol. The summed E-state index contributed by atoms with van der Waals surface area (Å²) >= 11 is 6.24. The number of benzene rings is 2. The first kappa shape index (κ1) is 22.9. The lowest BCUT2D eigenvalue weighted by atomic mass is 10.0. The molecule has 0 saturated carbocycles. The molecule has 0 aromatic heterocycles. The summed E-state index contributed by atoms with van der Waals surface area (Å²) in [5, 5.41) is 7.36. The van der Waals surface area contributed by atoms with E-state index in [4.69, 9.17) is 16.7 Å². The molecule has 2 aliphatic heterocycles. The van der Waals surface area contributed by atoms with Gasteiger partial charge in [-0.05, 0) is 36.2 Å². The van der Waals surface area contributed by atoms with E-state index in [0.717, 1.165) is 4.90 Å². The largest absolute Gasteiger partial charge is 0.370 e. The number of halogens is 1. The third kappa shape index (κ3) is 4.10. The first-order valence-electron chi connectivity index (χ1n) is 9.86. The van der Waals surface area contributed by atoms with Gasteiger partial charge in [0, 0.05) is 25.7 Å². The molecular weight excluding hydrogens is 472 g/mol. The van der Waals surface area contributed by atoms with Gasteiger partial charge in [0.15, 0.2) is 0 Å². The van der Waals surface area contributed by atoms with Crippen LogP contribution in [0.2, 0.25) is 5.02 Å². The summed E-state index contributed by atoms with van der Waals surface area (Å²) in [5.41, 5.74) is 1.37. The van der Waals surface area contributed by atoms with Crippen molar-refractivity contribution in [1.29, 1.82) is 0 Å². The van der Waals surface area contributed by atoms with Gasteiger partial charge in [0.1, 0.15) is 10.9 Å². The highest BCUT2D eigenvalue weighted by Gasteiger charge is 2.44. The maximum Gasteiger partial charge on any atom is 0.262 e. The van der Waals surface area contributed by atoms with Crippen LogP contribution in [-0.2, 0) is 26.2 Å². The average molecular weight is 491 g/mol. The summed E-state index contributed by atoms with van der Waals surface area (Å²) in [6, 6.07) is 8.10. The smallest absolute Gasteiger partial charge is 0.262 e. The number of nitrogens with zero attached hydrogens (tertiary/aromatic N) is 2. The first-order valence-corrected chi connectivity index (χ1v) is 11.8. The molecular formula is C21H19ClN4O6S. The van der Waals surface area contributed by atoms with Gasteiger partial charge in [-0.25, -0.2) is 13.6 Å².